The Morgan fingerprint density at radius 3 is 2.66 bits per heavy atom. The SMILES string of the molecule is COC1CCCCC1C(=O)CC1N=C(N2CC=C(C3CCCCC3)CC2)NC1=O. The number of rotatable bonds is 5. The zero-order valence-electron chi connectivity index (χ0n) is 17.7. The molecule has 0 bridgehead atoms. The molecule has 4 rings (SSSR count). The van der Waals surface area contributed by atoms with Gasteiger partial charge in [0.15, 0.2) is 0 Å². The highest BCUT2D eigenvalue weighted by atomic mass is 16.5. The summed E-state index contributed by atoms with van der Waals surface area (Å²) in [4.78, 5) is 32.0. The van der Waals surface area contributed by atoms with Gasteiger partial charge in [-0.15, -0.1) is 0 Å². The van der Waals surface area contributed by atoms with Crippen LogP contribution < -0.4 is 5.32 Å². The van der Waals surface area contributed by atoms with Crippen LogP contribution in [0.15, 0.2) is 16.6 Å². The van der Waals surface area contributed by atoms with Crippen molar-refractivity contribution >= 4 is 17.6 Å². The van der Waals surface area contributed by atoms with Crippen molar-refractivity contribution < 1.29 is 14.3 Å². The topological polar surface area (TPSA) is 71.0 Å². The van der Waals surface area contributed by atoms with Crippen LogP contribution in [0.4, 0.5) is 0 Å². The zero-order valence-corrected chi connectivity index (χ0v) is 17.7. The standard InChI is InChI=1S/C23H35N3O3/c1-29-21-10-6-5-9-18(21)20(27)15-19-22(28)25-23(24-19)26-13-11-17(12-14-26)16-7-3-2-4-8-16/h11,16,18-19,21H,2-10,12-15H2,1H3,(H,24,25,28). The number of nitrogens with one attached hydrogen (secondary N) is 1. The summed E-state index contributed by atoms with van der Waals surface area (Å²) in [6.07, 6.45) is 14.3. The second-order valence-corrected chi connectivity index (χ2v) is 9.10. The van der Waals surface area contributed by atoms with Crippen LogP contribution in [0, 0.1) is 11.8 Å². The van der Waals surface area contributed by atoms with Crippen LogP contribution in [0.25, 0.3) is 0 Å². The number of hydrogen-bond donors (Lipinski definition) is 1. The smallest absolute Gasteiger partial charge is 0.252 e. The molecule has 2 fully saturated rings. The third-order valence-electron chi connectivity index (χ3n) is 7.30. The van der Waals surface area contributed by atoms with Gasteiger partial charge in [-0.1, -0.05) is 43.8 Å². The second kappa shape index (κ2) is 9.41. The van der Waals surface area contributed by atoms with Crippen molar-refractivity contribution in [1.82, 2.24) is 10.2 Å². The summed E-state index contributed by atoms with van der Waals surface area (Å²) >= 11 is 0. The van der Waals surface area contributed by atoms with Gasteiger partial charge in [-0.25, -0.2) is 4.99 Å². The number of nitrogens with zero attached hydrogens (tertiary/aromatic N) is 2. The molecule has 0 aromatic carbocycles. The van der Waals surface area contributed by atoms with Gasteiger partial charge < -0.3 is 9.64 Å². The quantitative estimate of drug-likeness (QED) is 0.718. The van der Waals surface area contributed by atoms with Gasteiger partial charge in [0, 0.05) is 32.5 Å². The van der Waals surface area contributed by atoms with Crippen molar-refractivity contribution in [3.63, 3.8) is 0 Å². The first-order chi connectivity index (χ1) is 14.2. The fourth-order valence-electron chi connectivity index (χ4n) is 5.54. The van der Waals surface area contributed by atoms with Crippen molar-refractivity contribution in [1.29, 1.82) is 0 Å². The van der Waals surface area contributed by atoms with E-state index in [1.165, 1.54) is 32.1 Å². The van der Waals surface area contributed by atoms with Crippen LogP contribution in [0.5, 0.6) is 0 Å². The number of guanidine groups is 1. The number of carbonyl (C=O) groups is 2. The van der Waals surface area contributed by atoms with E-state index in [1.54, 1.807) is 12.7 Å². The van der Waals surface area contributed by atoms with E-state index in [0.29, 0.717) is 5.96 Å². The Balaban J connectivity index is 1.34. The van der Waals surface area contributed by atoms with Gasteiger partial charge in [-0.2, -0.15) is 0 Å². The molecule has 2 aliphatic carbocycles. The minimum Gasteiger partial charge on any atom is -0.381 e. The van der Waals surface area contributed by atoms with Crippen LogP contribution in [0.1, 0.15) is 70.6 Å². The van der Waals surface area contributed by atoms with E-state index in [0.717, 1.165) is 51.1 Å². The van der Waals surface area contributed by atoms with E-state index in [2.05, 4.69) is 21.3 Å². The minimum atomic E-state index is -0.583. The molecule has 0 spiro atoms. The molecule has 1 amide bonds. The number of amides is 1. The number of carbonyl (C=O) groups excluding carboxylic acids is 2. The van der Waals surface area contributed by atoms with Crippen LogP contribution in [-0.2, 0) is 14.3 Å². The molecule has 3 atom stereocenters. The Morgan fingerprint density at radius 2 is 1.93 bits per heavy atom. The lowest BCUT2D eigenvalue weighted by atomic mass is 9.81. The molecule has 3 unspecified atom stereocenters. The molecule has 0 aromatic heterocycles. The van der Waals surface area contributed by atoms with Gasteiger partial charge in [0.25, 0.3) is 5.91 Å². The maximum Gasteiger partial charge on any atom is 0.252 e. The Morgan fingerprint density at radius 1 is 1.17 bits per heavy atom. The fraction of sp³-hybridized carbons (Fsp3) is 0.783. The molecular weight excluding hydrogens is 366 g/mol. The Bertz CT molecular complexity index is 681. The first-order valence-corrected chi connectivity index (χ1v) is 11.5. The molecule has 6 nitrogen and oxygen atoms in total. The largest absolute Gasteiger partial charge is 0.381 e. The molecule has 29 heavy (non-hydrogen) atoms. The van der Waals surface area contributed by atoms with Crippen LogP contribution in [0.2, 0.25) is 0 Å². The van der Waals surface area contributed by atoms with Crippen molar-refractivity contribution in [2.75, 3.05) is 20.2 Å². The van der Waals surface area contributed by atoms with Crippen LogP contribution >= 0.6 is 0 Å². The Hall–Kier alpha value is -1.69. The number of aliphatic imine (C=N–C) groups is 1. The molecule has 160 valence electrons. The maximum absolute atomic E-state index is 12.8. The van der Waals surface area contributed by atoms with Crippen molar-refractivity contribution in [2.45, 2.75) is 82.8 Å². The molecule has 0 aromatic rings. The van der Waals surface area contributed by atoms with Gasteiger partial charge in [-0.3, -0.25) is 14.9 Å². The summed E-state index contributed by atoms with van der Waals surface area (Å²) in [5.74, 6) is 1.32. The predicted octanol–water partition coefficient (Wildman–Crippen LogP) is 3.22. The molecular formula is C23H35N3O3. The second-order valence-electron chi connectivity index (χ2n) is 9.10. The van der Waals surface area contributed by atoms with Gasteiger partial charge >= 0.3 is 0 Å². The summed E-state index contributed by atoms with van der Waals surface area (Å²) in [6, 6.07) is -0.583. The van der Waals surface area contributed by atoms with Gasteiger partial charge in [0.1, 0.15) is 11.8 Å². The van der Waals surface area contributed by atoms with Crippen molar-refractivity contribution in [3.8, 4) is 0 Å². The minimum absolute atomic E-state index is 0.00500. The molecule has 0 radical (unpaired) electrons. The van der Waals surface area contributed by atoms with Gasteiger partial charge in [-0.05, 0) is 38.0 Å². The number of methoxy groups -OCH3 is 1. The third kappa shape index (κ3) is 4.73. The number of ketones is 1. The normalized spacial score (nSPS) is 31.3. The highest BCUT2D eigenvalue weighted by Crippen LogP contribution is 2.33. The number of Topliss-reactive ketones (excluding diaryl/α,β-unsaturated/α-hetero) is 1. The van der Waals surface area contributed by atoms with Gasteiger partial charge in [0.2, 0.25) is 5.96 Å². The summed E-state index contributed by atoms with van der Waals surface area (Å²) in [7, 11) is 1.68. The molecule has 0 saturated heterocycles. The summed E-state index contributed by atoms with van der Waals surface area (Å²) in [5, 5.41) is 2.93. The van der Waals surface area contributed by atoms with Crippen molar-refractivity contribution in [2.24, 2.45) is 16.8 Å². The molecule has 2 aliphatic heterocycles. The lowest BCUT2D eigenvalue weighted by molar-refractivity contribution is -0.132. The Kier molecular flexibility index (Phi) is 6.68. The molecule has 1 N–H and O–H groups in total. The van der Waals surface area contributed by atoms with E-state index in [1.807, 2.05) is 0 Å². The highest BCUT2D eigenvalue weighted by molar-refractivity contribution is 6.06. The van der Waals surface area contributed by atoms with E-state index >= 15 is 0 Å². The third-order valence-corrected chi connectivity index (χ3v) is 7.30. The average molecular weight is 402 g/mol. The lowest BCUT2D eigenvalue weighted by Gasteiger charge is -2.32. The van der Waals surface area contributed by atoms with E-state index < -0.39 is 6.04 Å². The monoisotopic (exact) mass is 401 g/mol. The molecule has 4 aliphatic rings. The van der Waals surface area contributed by atoms with E-state index in [4.69, 9.17) is 4.74 Å². The van der Waals surface area contributed by atoms with Crippen LogP contribution in [0.3, 0.4) is 0 Å². The predicted molar refractivity (Wildman–Crippen MR) is 113 cm³/mol. The van der Waals surface area contributed by atoms with Crippen LogP contribution in [-0.4, -0.2) is 54.9 Å². The molecule has 2 heterocycles. The number of hydrogen-bond acceptors (Lipinski definition) is 5. The lowest BCUT2D eigenvalue weighted by Crippen LogP contribution is -2.43. The average Bonchev–Trinajstić information content (AvgIpc) is 3.14. The zero-order chi connectivity index (χ0) is 20.2. The molecule has 6 heteroatoms. The Labute approximate surface area is 174 Å². The van der Waals surface area contributed by atoms with Crippen molar-refractivity contribution in [3.05, 3.63) is 11.6 Å². The summed E-state index contributed by atoms with van der Waals surface area (Å²) in [5.41, 5.74) is 1.60. The number of ether oxygens (including phenoxy) is 1. The summed E-state index contributed by atoms with van der Waals surface area (Å²) < 4.78 is 5.52. The fourth-order valence-corrected chi connectivity index (χ4v) is 5.54. The highest BCUT2D eigenvalue weighted by Gasteiger charge is 2.36. The van der Waals surface area contributed by atoms with E-state index in [-0.39, 0.29) is 30.1 Å². The first-order valence-electron chi connectivity index (χ1n) is 11.5. The summed E-state index contributed by atoms with van der Waals surface area (Å²) in [6.45, 7) is 1.70. The van der Waals surface area contributed by atoms with E-state index in [9.17, 15) is 9.59 Å². The van der Waals surface area contributed by atoms with Gasteiger partial charge in [0.05, 0.1) is 6.10 Å². The maximum atomic E-state index is 12.8. The molecule has 2 saturated carbocycles. The first kappa shape index (κ1) is 20.6.